The summed E-state index contributed by atoms with van der Waals surface area (Å²) >= 11 is 0. The summed E-state index contributed by atoms with van der Waals surface area (Å²) in [6, 6.07) is 0. The predicted molar refractivity (Wildman–Crippen MR) is 92.6 cm³/mol. The molecule has 0 spiro atoms. The lowest BCUT2D eigenvalue weighted by Crippen LogP contribution is -2.56. The Bertz CT molecular complexity index is 677. The summed E-state index contributed by atoms with van der Waals surface area (Å²) in [5.74, 6) is 0.417. The second kappa shape index (κ2) is 5.52. The third-order valence-electron chi connectivity index (χ3n) is 8.24. The van der Waals surface area contributed by atoms with Gasteiger partial charge in [0.2, 0.25) is 0 Å². The Hall–Kier alpha value is -1.45. The highest BCUT2D eigenvalue weighted by Crippen LogP contribution is 2.64. The van der Waals surface area contributed by atoms with Gasteiger partial charge in [0.25, 0.3) is 0 Å². The highest BCUT2D eigenvalue weighted by molar-refractivity contribution is 5.97. The van der Waals surface area contributed by atoms with E-state index in [4.69, 9.17) is 4.74 Å². The van der Waals surface area contributed by atoms with E-state index in [0.29, 0.717) is 12.2 Å². The molecule has 1 unspecified atom stereocenters. The number of Topliss-reactive ketones (excluding diaryl/α,β-unsaturated/α-hetero) is 1. The summed E-state index contributed by atoms with van der Waals surface area (Å²) in [6.45, 7) is 4.25. The maximum atomic E-state index is 13.1. The molecule has 0 heterocycles. The van der Waals surface area contributed by atoms with Crippen molar-refractivity contribution >= 4 is 17.5 Å². The third-order valence-corrected chi connectivity index (χ3v) is 8.24. The Balaban J connectivity index is 1.80. The number of rotatable bonds is 1. The van der Waals surface area contributed by atoms with Crippen LogP contribution >= 0.6 is 0 Å². The average Bonchev–Trinajstić information content (AvgIpc) is 2.90. The van der Waals surface area contributed by atoms with Crippen molar-refractivity contribution in [2.45, 2.75) is 58.8 Å². The first-order valence-corrected chi connectivity index (χ1v) is 9.70. The Kier molecular flexibility index (Phi) is 3.75. The van der Waals surface area contributed by atoms with Gasteiger partial charge in [0.15, 0.2) is 5.78 Å². The van der Waals surface area contributed by atoms with Crippen LogP contribution < -0.4 is 0 Å². The maximum absolute atomic E-state index is 13.1. The Labute approximate surface area is 149 Å². The van der Waals surface area contributed by atoms with Crippen LogP contribution in [0.5, 0.6) is 0 Å². The molecule has 4 aliphatic rings. The summed E-state index contributed by atoms with van der Waals surface area (Å²) in [4.78, 5) is 38.1. The lowest BCUT2D eigenvalue weighted by molar-refractivity contribution is -0.159. The molecule has 136 valence electrons. The summed E-state index contributed by atoms with van der Waals surface area (Å²) in [6.07, 6.45) is 7.64. The standard InChI is InChI=1S/C21H28O4/c1-20-10-9-14-18(13(20)7-8-17(20)23)16(22)11-12-5-4-6-15(19(24)25-3)21(12,14)2/h11,13-15,18H,4-10H2,1-3H3/t13-,14-,15?,18-,20-,21-/m0/s1. The van der Waals surface area contributed by atoms with Crippen LogP contribution in [-0.4, -0.2) is 24.6 Å². The molecule has 0 aromatic carbocycles. The maximum Gasteiger partial charge on any atom is 0.309 e. The van der Waals surface area contributed by atoms with Crippen LogP contribution in [0, 0.1) is 34.5 Å². The van der Waals surface area contributed by atoms with Gasteiger partial charge in [-0.3, -0.25) is 14.4 Å². The largest absolute Gasteiger partial charge is 0.469 e. The number of carbonyl (C=O) groups excluding carboxylic acids is 3. The number of allylic oxidation sites excluding steroid dienone is 2. The van der Waals surface area contributed by atoms with Gasteiger partial charge in [-0.25, -0.2) is 0 Å². The Morgan fingerprint density at radius 1 is 1.12 bits per heavy atom. The van der Waals surface area contributed by atoms with Crippen molar-refractivity contribution in [2.75, 3.05) is 7.11 Å². The number of carbonyl (C=O) groups is 3. The minimum absolute atomic E-state index is 0.107. The Morgan fingerprint density at radius 2 is 1.88 bits per heavy atom. The van der Waals surface area contributed by atoms with Crippen LogP contribution in [-0.2, 0) is 19.1 Å². The zero-order valence-electron chi connectivity index (χ0n) is 15.5. The lowest BCUT2D eigenvalue weighted by atomic mass is 9.45. The average molecular weight is 344 g/mol. The van der Waals surface area contributed by atoms with E-state index in [9.17, 15) is 14.4 Å². The van der Waals surface area contributed by atoms with E-state index in [1.807, 2.05) is 6.08 Å². The molecule has 4 nitrogen and oxygen atoms in total. The molecule has 25 heavy (non-hydrogen) atoms. The molecule has 0 radical (unpaired) electrons. The smallest absolute Gasteiger partial charge is 0.309 e. The van der Waals surface area contributed by atoms with Crippen LogP contribution in [0.1, 0.15) is 58.8 Å². The summed E-state index contributed by atoms with van der Waals surface area (Å²) in [5, 5.41) is 0. The number of fused-ring (bicyclic) bond motifs is 5. The summed E-state index contributed by atoms with van der Waals surface area (Å²) < 4.78 is 5.13. The fourth-order valence-electron chi connectivity index (χ4n) is 6.77. The highest BCUT2D eigenvalue weighted by atomic mass is 16.5. The molecule has 0 aromatic heterocycles. The molecular weight excluding hydrogens is 316 g/mol. The van der Waals surface area contributed by atoms with Gasteiger partial charge in [0.05, 0.1) is 13.0 Å². The van der Waals surface area contributed by atoms with Crippen molar-refractivity contribution in [3.63, 3.8) is 0 Å². The molecule has 4 heteroatoms. The minimum atomic E-state index is -0.339. The second-order valence-electron chi connectivity index (χ2n) is 8.98. The van der Waals surface area contributed by atoms with Gasteiger partial charge in [-0.1, -0.05) is 19.4 Å². The lowest BCUT2D eigenvalue weighted by Gasteiger charge is -2.57. The van der Waals surface area contributed by atoms with E-state index in [0.717, 1.165) is 44.1 Å². The van der Waals surface area contributed by atoms with Crippen molar-refractivity contribution in [3.05, 3.63) is 11.6 Å². The van der Waals surface area contributed by atoms with Gasteiger partial charge in [0, 0.05) is 23.2 Å². The molecule has 0 amide bonds. The van der Waals surface area contributed by atoms with Crippen LogP contribution in [0.15, 0.2) is 11.6 Å². The number of methoxy groups -OCH3 is 1. The van der Waals surface area contributed by atoms with Crippen molar-refractivity contribution in [1.82, 2.24) is 0 Å². The third kappa shape index (κ3) is 2.09. The molecule has 3 fully saturated rings. The normalized spacial score (nSPS) is 46.0. The minimum Gasteiger partial charge on any atom is -0.469 e. The van der Waals surface area contributed by atoms with Crippen molar-refractivity contribution < 1.29 is 19.1 Å². The van der Waals surface area contributed by atoms with E-state index in [2.05, 4.69) is 13.8 Å². The van der Waals surface area contributed by atoms with E-state index in [-0.39, 0.29) is 46.3 Å². The fourth-order valence-corrected chi connectivity index (χ4v) is 6.77. The van der Waals surface area contributed by atoms with Gasteiger partial charge in [-0.2, -0.15) is 0 Å². The number of ketones is 2. The van der Waals surface area contributed by atoms with Gasteiger partial charge in [-0.15, -0.1) is 0 Å². The van der Waals surface area contributed by atoms with Gasteiger partial charge >= 0.3 is 5.97 Å². The fraction of sp³-hybridized carbons (Fsp3) is 0.762. The molecule has 4 aliphatic carbocycles. The molecule has 0 saturated heterocycles. The first-order chi connectivity index (χ1) is 11.8. The Morgan fingerprint density at radius 3 is 2.60 bits per heavy atom. The van der Waals surface area contributed by atoms with Gasteiger partial charge in [0.1, 0.15) is 5.78 Å². The SMILES string of the molecule is COC(=O)C1CCCC2=CC(=O)[C@H]3[C@@H]4CCC(=O)[C@@]4(C)CC[C@@H]3[C@]21C. The van der Waals surface area contributed by atoms with Crippen LogP contribution in [0.2, 0.25) is 0 Å². The first-order valence-electron chi connectivity index (χ1n) is 9.70. The number of hydrogen-bond acceptors (Lipinski definition) is 4. The zero-order chi connectivity index (χ0) is 18.0. The van der Waals surface area contributed by atoms with Crippen molar-refractivity contribution in [3.8, 4) is 0 Å². The topological polar surface area (TPSA) is 60.4 Å². The molecule has 0 bridgehead atoms. The number of ether oxygens (including phenoxy) is 1. The first kappa shape index (κ1) is 17.0. The van der Waals surface area contributed by atoms with E-state index < -0.39 is 0 Å². The van der Waals surface area contributed by atoms with Gasteiger partial charge in [-0.05, 0) is 56.4 Å². The zero-order valence-corrected chi connectivity index (χ0v) is 15.5. The molecular formula is C21H28O4. The molecule has 0 aliphatic heterocycles. The van der Waals surface area contributed by atoms with E-state index in [1.165, 1.54) is 7.11 Å². The predicted octanol–water partition coefficient (Wildman–Crippen LogP) is 3.49. The monoisotopic (exact) mass is 344 g/mol. The van der Waals surface area contributed by atoms with E-state index in [1.54, 1.807) is 0 Å². The molecule has 4 rings (SSSR count). The van der Waals surface area contributed by atoms with Crippen LogP contribution in [0.25, 0.3) is 0 Å². The molecule has 3 saturated carbocycles. The number of esters is 1. The molecule has 0 N–H and O–H groups in total. The van der Waals surface area contributed by atoms with E-state index >= 15 is 0 Å². The van der Waals surface area contributed by atoms with Gasteiger partial charge < -0.3 is 4.74 Å². The van der Waals surface area contributed by atoms with Crippen LogP contribution in [0.4, 0.5) is 0 Å². The van der Waals surface area contributed by atoms with Crippen molar-refractivity contribution in [2.24, 2.45) is 34.5 Å². The second-order valence-corrected chi connectivity index (χ2v) is 8.98. The summed E-state index contributed by atoms with van der Waals surface area (Å²) in [5.41, 5.74) is 0.513. The van der Waals surface area contributed by atoms with Crippen LogP contribution in [0.3, 0.4) is 0 Å². The molecule has 0 aromatic rings. The molecule has 6 atom stereocenters. The quantitative estimate of drug-likeness (QED) is 0.683. The van der Waals surface area contributed by atoms with Crippen molar-refractivity contribution in [1.29, 1.82) is 0 Å². The highest BCUT2D eigenvalue weighted by Gasteiger charge is 2.63. The summed E-state index contributed by atoms with van der Waals surface area (Å²) in [7, 11) is 1.46. The number of hydrogen-bond donors (Lipinski definition) is 0.